The number of carboxylic acids is 1. The SMILES string of the molecule is Cc1c(N(Cc2ccc(F)c(F)c2)S(=O)(=O)c2ccc(C(=O)[O-])cc2)nc2ccc(Cl)cn12.[Na+]. The van der Waals surface area contributed by atoms with E-state index >= 15 is 0 Å². The number of sulfonamides is 1. The molecule has 12 heteroatoms. The average Bonchev–Trinajstić information content (AvgIpc) is 3.09. The first-order chi connectivity index (χ1) is 15.6. The third-order valence-corrected chi connectivity index (χ3v) is 6.99. The van der Waals surface area contributed by atoms with Crippen LogP contribution in [0.5, 0.6) is 0 Å². The number of aryl methyl sites for hydroxylation is 1. The van der Waals surface area contributed by atoms with E-state index in [0.29, 0.717) is 16.4 Å². The predicted molar refractivity (Wildman–Crippen MR) is 115 cm³/mol. The molecule has 0 aliphatic carbocycles. The zero-order chi connectivity index (χ0) is 23.9. The molecule has 34 heavy (non-hydrogen) atoms. The molecule has 0 bridgehead atoms. The van der Waals surface area contributed by atoms with Crippen LogP contribution in [0.15, 0.2) is 65.7 Å². The molecule has 0 saturated heterocycles. The maximum Gasteiger partial charge on any atom is 1.00 e. The van der Waals surface area contributed by atoms with Crippen molar-refractivity contribution in [1.82, 2.24) is 9.38 Å². The Balaban J connectivity index is 0.00000324. The maximum atomic E-state index is 13.8. The Morgan fingerprint density at radius 2 is 1.76 bits per heavy atom. The van der Waals surface area contributed by atoms with Crippen LogP contribution in [-0.2, 0) is 16.6 Å². The van der Waals surface area contributed by atoms with Crippen LogP contribution >= 0.6 is 11.6 Å². The Hall–Kier alpha value is -2.50. The number of rotatable bonds is 6. The van der Waals surface area contributed by atoms with Gasteiger partial charge in [0, 0.05) is 6.20 Å². The quantitative estimate of drug-likeness (QED) is 0.347. The summed E-state index contributed by atoms with van der Waals surface area (Å²) in [6, 6.07) is 10.7. The molecule has 0 radical (unpaired) electrons. The number of fused-ring (bicyclic) bond motifs is 1. The van der Waals surface area contributed by atoms with Gasteiger partial charge >= 0.3 is 29.6 Å². The summed E-state index contributed by atoms with van der Waals surface area (Å²) in [5.74, 6) is -3.59. The molecule has 0 aliphatic heterocycles. The third-order valence-electron chi connectivity index (χ3n) is 5.02. The van der Waals surface area contributed by atoms with Gasteiger partial charge in [-0.05, 0) is 54.4 Å². The summed E-state index contributed by atoms with van der Waals surface area (Å²) < 4.78 is 57.0. The minimum absolute atomic E-state index is 0. The number of carbonyl (C=O) groups excluding carboxylic acids is 1. The van der Waals surface area contributed by atoms with Crippen molar-refractivity contribution in [2.75, 3.05) is 4.31 Å². The van der Waals surface area contributed by atoms with Crippen molar-refractivity contribution in [3.63, 3.8) is 0 Å². The number of aromatic carboxylic acids is 1. The molecular weight excluding hydrogens is 499 g/mol. The fraction of sp³-hybridized carbons (Fsp3) is 0.0909. The van der Waals surface area contributed by atoms with Crippen molar-refractivity contribution < 1.29 is 56.7 Å². The molecule has 4 rings (SSSR count). The number of hydrogen-bond acceptors (Lipinski definition) is 5. The molecule has 0 saturated carbocycles. The smallest absolute Gasteiger partial charge is 0.545 e. The molecule has 0 spiro atoms. The second kappa shape index (κ2) is 10.0. The van der Waals surface area contributed by atoms with Crippen molar-refractivity contribution in [3.8, 4) is 0 Å². The first-order valence-corrected chi connectivity index (χ1v) is 11.3. The minimum Gasteiger partial charge on any atom is -0.545 e. The van der Waals surface area contributed by atoms with Crippen molar-refractivity contribution in [3.05, 3.63) is 94.3 Å². The normalized spacial score (nSPS) is 11.3. The molecule has 0 N–H and O–H groups in total. The Morgan fingerprint density at radius 1 is 1.09 bits per heavy atom. The fourth-order valence-electron chi connectivity index (χ4n) is 3.33. The summed E-state index contributed by atoms with van der Waals surface area (Å²) in [4.78, 5) is 15.2. The van der Waals surface area contributed by atoms with E-state index in [9.17, 15) is 27.1 Å². The molecule has 2 heterocycles. The number of nitrogens with zero attached hydrogens (tertiary/aromatic N) is 3. The van der Waals surface area contributed by atoms with Crippen molar-refractivity contribution >= 4 is 39.1 Å². The summed E-state index contributed by atoms with van der Waals surface area (Å²) in [6.07, 6.45) is 1.57. The van der Waals surface area contributed by atoms with Crippen molar-refractivity contribution in [2.24, 2.45) is 0 Å². The monoisotopic (exact) mass is 513 g/mol. The number of carbonyl (C=O) groups is 1. The van der Waals surface area contributed by atoms with Gasteiger partial charge in [0.1, 0.15) is 5.65 Å². The van der Waals surface area contributed by atoms with Crippen LogP contribution in [0.3, 0.4) is 0 Å². The Bertz CT molecular complexity index is 1490. The minimum atomic E-state index is -4.30. The zero-order valence-corrected chi connectivity index (χ0v) is 21.6. The predicted octanol–water partition coefficient (Wildman–Crippen LogP) is 0.337. The van der Waals surface area contributed by atoms with E-state index in [-0.39, 0.29) is 57.9 Å². The van der Waals surface area contributed by atoms with Crippen molar-refractivity contribution in [1.29, 1.82) is 0 Å². The Kier molecular flexibility index (Phi) is 7.69. The third kappa shape index (κ3) is 4.96. The van der Waals surface area contributed by atoms with Gasteiger partial charge in [0.15, 0.2) is 17.5 Å². The summed E-state index contributed by atoms with van der Waals surface area (Å²) >= 11 is 6.06. The van der Waals surface area contributed by atoms with E-state index in [1.165, 1.54) is 6.07 Å². The first-order valence-electron chi connectivity index (χ1n) is 9.50. The van der Waals surface area contributed by atoms with Gasteiger partial charge in [-0.1, -0.05) is 29.8 Å². The fourth-order valence-corrected chi connectivity index (χ4v) is 4.94. The molecule has 0 amide bonds. The summed E-state index contributed by atoms with van der Waals surface area (Å²) in [7, 11) is -4.30. The van der Waals surface area contributed by atoms with E-state index in [4.69, 9.17) is 11.6 Å². The van der Waals surface area contributed by atoms with Gasteiger partial charge in [0.2, 0.25) is 0 Å². The molecule has 7 nitrogen and oxygen atoms in total. The molecule has 2 aromatic carbocycles. The molecule has 2 aromatic heterocycles. The Morgan fingerprint density at radius 3 is 2.38 bits per heavy atom. The van der Waals surface area contributed by atoms with Crippen molar-refractivity contribution in [2.45, 2.75) is 18.4 Å². The topological polar surface area (TPSA) is 94.8 Å². The number of halogens is 3. The van der Waals surface area contributed by atoms with Gasteiger partial charge in [-0.3, -0.25) is 0 Å². The van der Waals surface area contributed by atoms with E-state index in [0.717, 1.165) is 40.7 Å². The van der Waals surface area contributed by atoms with E-state index in [1.54, 1.807) is 29.7 Å². The number of aromatic nitrogens is 2. The number of pyridine rings is 1. The number of hydrogen-bond donors (Lipinski definition) is 0. The summed E-state index contributed by atoms with van der Waals surface area (Å²) in [5.41, 5.74) is 0.840. The molecule has 0 atom stereocenters. The molecule has 4 aromatic rings. The van der Waals surface area contributed by atoms with Crippen LogP contribution in [0.2, 0.25) is 5.02 Å². The summed E-state index contributed by atoms with van der Waals surface area (Å²) in [6.45, 7) is 1.28. The number of anilines is 1. The van der Waals surface area contributed by atoms with Gasteiger partial charge in [0.25, 0.3) is 10.0 Å². The largest absolute Gasteiger partial charge is 1.00 e. The van der Waals surface area contributed by atoms with Gasteiger partial charge in [0.05, 0.1) is 28.1 Å². The molecule has 0 fully saturated rings. The second-order valence-electron chi connectivity index (χ2n) is 7.17. The maximum absolute atomic E-state index is 13.8. The molecule has 170 valence electrons. The van der Waals surface area contributed by atoms with Crippen LogP contribution in [0.1, 0.15) is 21.6 Å². The van der Waals surface area contributed by atoms with Gasteiger partial charge in [-0.2, -0.15) is 0 Å². The first kappa shape index (κ1) is 26.1. The number of imidazole rings is 1. The zero-order valence-electron chi connectivity index (χ0n) is 18.0. The van der Waals surface area contributed by atoms with Crippen LogP contribution in [0.25, 0.3) is 5.65 Å². The standard InChI is InChI=1S/C22H16ClF2N3O4S.Na/c1-13-21(26-20-9-5-16(23)12-27(13)20)28(11-14-2-8-18(24)19(25)10-14)33(31,32)17-6-3-15(4-7-17)22(29)30;/h2-10,12H,11H2,1H3,(H,29,30);/q;+1/p-1. The van der Waals surface area contributed by atoms with Crippen LogP contribution in [-0.4, -0.2) is 23.8 Å². The average molecular weight is 514 g/mol. The van der Waals surface area contributed by atoms with E-state index in [2.05, 4.69) is 4.98 Å². The van der Waals surface area contributed by atoms with Crippen LogP contribution in [0, 0.1) is 18.6 Å². The number of carboxylic acid groups (broad SMARTS) is 1. The molecule has 0 aliphatic rings. The molecular formula is C22H15ClF2N3NaO4S. The Labute approximate surface area is 221 Å². The van der Waals surface area contributed by atoms with Gasteiger partial charge in [-0.15, -0.1) is 0 Å². The summed E-state index contributed by atoms with van der Waals surface area (Å²) in [5, 5.41) is 11.4. The second-order valence-corrected chi connectivity index (χ2v) is 9.47. The van der Waals surface area contributed by atoms with Crippen LogP contribution in [0.4, 0.5) is 14.6 Å². The van der Waals surface area contributed by atoms with Gasteiger partial charge < -0.3 is 14.3 Å². The van der Waals surface area contributed by atoms with Gasteiger partial charge in [-0.25, -0.2) is 26.5 Å². The van der Waals surface area contributed by atoms with E-state index < -0.39 is 27.6 Å². The van der Waals surface area contributed by atoms with Crippen LogP contribution < -0.4 is 39.0 Å². The molecule has 0 unspecified atom stereocenters. The number of benzene rings is 2. The van der Waals surface area contributed by atoms with E-state index in [1.807, 2.05) is 0 Å².